The highest BCUT2D eigenvalue weighted by Crippen LogP contribution is 2.40. The van der Waals surface area contributed by atoms with Crippen molar-refractivity contribution in [3.63, 3.8) is 0 Å². The summed E-state index contributed by atoms with van der Waals surface area (Å²) in [5.74, 6) is 0.0917. The molecule has 1 amide bonds. The van der Waals surface area contributed by atoms with Crippen molar-refractivity contribution >= 4 is 37.0 Å². The van der Waals surface area contributed by atoms with Gasteiger partial charge >= 0.3 is 13.8 Å². The molecule has 10 heteroatoms. The first kappa shape index (κ1) is 20.0. The first-order valence-corrected chi connectivity index (χ1v) is 8.58. The molecule has 0 bridgehead atoms. The van der Waals surface area contributed by atoms with E-state index in [1.54, 1.807) is 20.8 Å². The van der Waals surface area contributed by atoms with E-state index in [1.165, 1.54) is 0 Å². The standard InChI is InChI=1S/C10H21Cl2N2O5P/c1-10(2,3)18-9(15)14-4-5-17-20(13,16)19-8(6-11)7-12/h8H,4-7H2,1-3H3,(H2,13,16)(H,14,15). The van der Waals surface area contributed by atoms with E-state index in [9.17, 15) is 9.36 Å². The van der Waals surface area contributed by atoms with Crippen LogP contribution >= 0.6 is 30.9 Å². The summed E-state index contributed by atoms with van der Waals surface area (Å²) in [5.41, 5.74) is 4.75. The van der Waals surface area contributed by atoms with Crippen molar-refractivity contribution in [1.82, 2.24) is 5.32 Å². The van der Waals surface area contributed by atoms with Gasteiger partial charge in [-0.25, -0.2) is 14.9 Å². The van der Waals surface area contributed by atoms with E-state index in [1.807, 2.05) is 0 Å². The van der Waals surface area contributed by atoms with Gasteiger partial charge in [-0.2, -0.15) is 0 Å². The summed E-state index contributed by atoms with van der Waals surface area (Å²) < 4.78 is 26.5. The van der Waals surface area contributed by atoms with Crippen LogP contribution in [0.4, 0.5) is 4.79 Å². The number of nitrogens with two attached hydrogens (primary N) is 1. The van der Waals surface area contributed by atoms with Crippen molar-refractivity contribution in [3.8, 4) is 0 Å². The molecule has 0 aromatic rings. The van der Waals surface area contributed by atoms with E-state index < -0.39 is 25.5 Å². The molecule has 0 aliphatic rings. The molecule has 0 radical (unpaired) electrons. The number of amides is 1. The van der Waals surface area contributed by atoms with Gasteiger partial charge in [-0.3, -0.25) is 9.05 Å². The topological polar surface area (TPSA) is 99.9 Å². The molecule has 0 saturated heterocycles. The molecule has 1 atom stereocenters. The average molecular weight is 351 g/mol. The minimum Gasteiger partial charge on any atom is -0.444 e. The summed E-state index contributed by atoms with van der Waals surface area (Å²) in [4.78, 5) is 11.3. The number of alkyl halides is 2. The van der Waals surface area contributed by atoms with E-state index in [0.717, 1.165) is 0 Å². The summed E-state index contributed by atoms with van der Waals surface area (Å²) >= 11 is 11.0. The highest BCUT2D eigenvalue weighted by Gasteiger charge is 2.23. The Kier molecular flexibility index (Phi) is 9.06. The van der Waals surface area contributed by atoms with Crippen LogP contribution in [0.2, 0.25) is 0 Å². The fourth-order valence-electron chi connectivity index (χ4n) is 0.976. The fraction of sp³-hybridized carbons (Fsp3) is 0.900. The zero-order valence-corrected chi connectivity index (χ0v) is 14.1. The fourth-order valence-corrected chi connectivity index (χ4v) is 2.58. The molecule has 0 fully saturated rings. The van der Waals surface area contributed by atoms with Crippen molar-refractivity contribution in [2.45, 2.75) is 32.5 Å². The summed E-state index contributed by atoms with van der Waals surface area (Å²) in [6.45, 7) is 5.20. The first-order chi connectivity index (χ1) is 9.09. The second kappa shape index (κ2) is 9.07. The number of halogens is 2. The third-order valence-corrected chi connectivity index (χ3v) is 3.50. The maximum atomic E-state index is 11.7. The van der Waals surface area contributed by atoms with Crippen molar-refractivity contribution in [1.29, 1.82) is 0 Å². The van der Waals surface area contributed by atoms with Gasteiger partial charge in [0.1, 0.15) is 5.60 Å². The van der Waals surface area contributed by atoms with Gasteiger partial charge in [0.05, 0.1) is 24.5 Å². The maximum Gasteiger partial charge on any atom is 0.407 e. The van der Waals surface area contributed by atoms with Gasteiger partial charge in [0.25, 0.3) is 0 Å². The van der Waals surface area contributed by atoms with Crippen LogP contribution in [0, 0.1) is 0 Å². The van der Waals surface area contributed by atoms with Gasteiger partial charge in [-0.15, -0.1) is 23.2 Å². The summed E-state index contributed by atoms with van der Waals surface area (Å²) in [7, 11) is -3.74. The molecule has 0 spiro atoms. The Labute approximate surface area is 129 Å². The number of carbonyl (C=O) groups is 1. The number of nitrogens with one attached hydrogen (secondary N) is 1. The molecule has 0 aromatic carbocycles. The molecule has 3 N–H and O–H groups in total. The third kappa shape index (κ3) is 10.7. The molecular weight excluding hydrogens is 330 g/mol. The van der Waals surface area contributed by atoms with E-state index >= 15 is 0 Å². The zero-order chi connectivity index (χ0) is 15.8. The molecule has 20 heavy (non-hydrogen) atoms. The highest BCUT2D eigenvalue weighted by atomic mass is 35.5. The zero-order valence-electron chi connectivity index (χ0n) is 11.7. The predicted octanol–water partition coefficient (Wildman–Crippen LogP) is 2.46. The number of rotatable bonds is 8. The van der Waals surface area contributed by atoms with Crippen LogP contribution in [-0.2, 0) is 18.3 Å². The number of hydrogen-bond acceptors (Lipinski definition) is 5. The second-order valence-electron chi connectivity index (χ2n) is 4.84. The lowest BCUT2D eigenvalue weighted by Crippen LogP contribution is -2.34. The van der Waals surface area contributed by atoms with Crippen LogP contribution in [0.3, 0.4) is 0 Å². The Morgan fingerprint density at radius 2 is 1.90 bits per heavy atom. The second-order valence-corrected chi connectivity index (χ2v) is 7.00. The molecule has 1 unspecified atom stereocenters. The first-order valence-electron chi connectivity index (χ1n) is 5.90. The van der Waals surface area contributed by atoms with Crippen LogP contribution in [-0.4, -0.2) is 42.7 Å². The Morgan fingerprint density at radius 1 is 1.35 bits per heavy atom. The lowest BCUT2D eigenvalue weighted by atomic mass is 10.2. The summed E-state index contributed by atoms with van der Waals surface area (Å²) in [5, 5.41) is 2.42. The summed E-state index contributed by atoms with van der Waals surface area (Å²) in [6.07, 6.45) is -1.26. The van der Waals surface area contributed by atoms with Crippen LogP contribution in [0.1, 0.15) is 20.8 Å². The molecule has 0 aliphatic carbocycles. The number of ether oxygens (including phenoxy) is 1. The minimum atomic E-state index is -3.74. The van der Waals surface area contributed by atoms with Crippen molar-refractivity contribution in [3.05, 3.63) is 0 Å². The molecule has 0 aromatic heterocycles. The number of hydrogen-bond donors (Lipinski definition) is 2. The number of alkyl carbamates (subject to hydrolysis) is 1. The monoisotopic (exact) mass is 350 g/mol. The molecular formula is C10H21Cl2N2O5P. The summed E-state index contributed by atoms with van der Waals surface area (Å²) in [6, 6.07) is 0. The maximum absolute atomic E-state index is 11.7. The van der Waals surface area contributed by atoms with Crippen LogP contribution < -0.4 is 10.8 Å². The highest BCUT2D eigenvalue weighted by molar-refractivity contribution is 7.51. The van der Waals surface area contributed by atoms with Crippen LogP contribution in [0.5, 0.6) is 0 Å². The van der Waals surface area contributed by atoms with Crippen molar-refractivity contribution < 1.29 is 23.1 Å². The van der Waals surface area contributed by atoms with E-state index in [2.05, 4.69) is 5.32 Å². The van der Waals surface area contributed by atoms with Crippen LogP contribution in [0.25, 0.3) is 0 Å². The average Bonchev–Trinajstić information content (AvgIpc) is 2.29. The quantitative estimate of drug-likeness (QED) is 0.396. The Hall–Kier alpha value is -0.0400. The van der Waals surface area contributed by atoms with Gasteiger partial charge in [0, 0.05) is 6.54 Å². The smallest absolute Gasteiger partial charge is 0.407 e. The normalized spacial score (nSPS) is 14.9. The van der Waals surface area contributed by atoms with Crippen molar-refractivity contribution in [2.75, 3.05) is 24.9 Å². The predicted molar refractivity (Wildman–Crippen MR) is 78.3 cm³/mol. The largest absolute Gasteiger partial charge is 0.444 e. The van der Waals surface area contributed by atoms with E-state index in [4.69, 9.17) is 42.5 Å². The van der Waals surface area contributed by atoms with Gasteiger partial charge in [0.2, 0.25) is 0 Å². The minimum absolute atomic E-state index is 0.0458. The molecule has 0 aliphatic heterocycles. The molecule has 0 heterocycles. The number of carbonyl (C=O) groups excluding carboxylic acids is 1. The van der Waals surface area contributed by atoms with E-state index in [0.29, 0.717) is 0 Å². The van der Waals surface area contributed by atoms with Crippen molar-refractivity contribution in [2.24, 2.45) is 5.50 Å². The third-order valence-electron chi connectivity index (χ3n) is 1.68. The van der Waals surface area contributed by atoms with Crippen LogP contribution in [0.15, 0.2) is 0 Å². The molecule has 0 saturated carbocycles. The molecule has 7 nitrogen and oxygen atoms in total. The Balaban J connectivity index is 3.94. The van der Waals surface area contributed by atoms with Gasteiger partial charge in [0.15, 0.2) is 0 Å². The molecule has 120 valence electrons. The SMILES string of the molecule is CC(C)(C)OC(=O)NCCOP(N)(=O)OC(CCl)CCl. The Bertz CT molecular complexity index is 347. The lowest BCUT2D eigenvalue weighted by Gasteiger charge is -2.20. The molecule has 0 rings (SSSR count). The lowest BCUT2D eigenvalue weighted by molar-refractivity contribution is 0.0516. The van der Waals surface area contributed by atoms with Gasteiger partial charge in [-0.1, -0.05) is 0 Å². The van der Waals surface area contributed by atoms with Gasteiger partial charge in [-0.05, 0) is 20.8 Å². The Morgan fingerprint density at radius 3 is 2.35 bits per heavy atom. The van der Waals surface area contributed by atoms with Gasteiger partial charge < -0.3 is 10.1 Å². The van der Waals surface area contributed by atoms with E-state index in [-0.39, 0.29) is 24.9 Å².